The lowest BCUT2D eigenvalue weighted by molar-refractivity contribution is -0.121. The molecule has 5 nitrogen and oxygen atoms in total. The normalized spacial score (nSPS) is 17.2. The Labute approximate surface area is 128 Å². The van der Waals surface area contributed by atoms with Crippen LogP contribution in [0.15, 0.2) is 18.2 Å². The van der Waals surface area contributed by atoms with E-state index in [4.69, 9.17) is 23.1 Å². The van der Waals surface area contributed by atoms with Crippen LogP contribution in [0.5, 0.6) is 0 Å². The zero-order chi connectivity index (χ0) is 15.4. The van der Waals surface area contributed by atoms with Crippen molar-refractivity contribution in [2.45, 2.75) is 6.42 Å². The fourth-order valence-electron chi connectivity index (χ4n) is 2.26. The molecule has 0 bridgehead atoms. The Hall–Kier alpha value is -2.03. The van der Waals surface area contributed by atoms with Crippen LogP contribution in [0.4, 0.5) is 0 Å². The maximum absolute atomic E-state index is 12.4. The topological polar surface area (TPSA) is 89.4 Å². The predicted molar refractivity (Wildman–Crippen MR) is 80.6 cm³/mol. The third kappa shape index (κ3) is 3.54. The molecule has 1 aromatic rings. The summed E-state index contributed by atoms with van der Waals surface area (Å²) in [6.45, 7) is 1.14. The van der Waals surface area contributed by atoms with Crippen molar-refractivity contribution < 1.29 is 9.59 Å². The zero-order valence-electron chi connectivity index (χ0n) is 11.4. The van der Waals surface area contributed by atoms with Crippen LogP contribution in [0.3, 0.4) is 0 Å². The summed E-state index contributed by atoms with van der Waals surface area (Å²) in [5.74, 6) is 4.77. The molecule has 1 aromatic carbocycles. The summed E-state index contributed by atoms with van der Waals surface area (Å²) < 4.78 is 0. The molecule has 0 radical (unpaired) electrons. The first-order valence-corrected chi connectivity index (χ1v) is 6.97. The van der Waals surface area contributed by atoms with Crippen molar-refractivity contribution in [3.8, 4) is 11.8 Å². The quantitative estimate of drug-likeness (QED) is 0.784. The minimum Gasteiger partial charge on any atom is -0.369 e. The van der Waals surface area contributed by atoms with Crippen molar-refractivity contribution in [3.05, 3.63) is 34.3 Å². The SMILES string of the molecule is NCC#Cc1ccc(C(=O)N2CCC(C(N)=O)C2)cc1Cl. The number of nitrogens with two attached hydrogens (primary N) is 2. The second-order valence-electron chi connectivity index (χ2n) is 4.84. The van der Waals surface area contributed by atoms with Gasteiger partial charge in [-0.05, 0) is 24.6 Å². The number of nitrogens with zero attached hydrogens (tertiary/aromatic N) is 1. The van der Waals surface area contributed by atoms with Gasteiger partial charge >= 0.3 is 0 Å². The van der Waals surface area contributed by atoms with Gasteiger partial charge < -0.3 is 16.4 Å². The first-order valence-electron chi connectivity index (χ1n) is 6.60. The van der Waals surface area contributed by atoms with Gasteiger partial charge in [0.15, 0.2) is 0 Å². The Morgan fingerprint density at radius 3 is 2.76 bits per heavy atom. The summed E-state index contributed by atoms with van der Waals surface area (Å²) in [5, 5.41) is 0.410. The van der Waals surface area contributed by atoms with E-state index < -0.39 is 0 Å². The Morgan fingerprint density at radius 1 is 1.43 bits per heavy atom. The number of benzene rings is 1. The molecule has 2 amide bonds. The van der Waals surface area contributed by atoms with Crippen LogP contribution < -0.4 is 11.5 Å². The van der Waals surface area contributed by atoms with Gasteiger partial charge in [0.2, 0.25) is 5.91 Å². The largest absolute Gasteiger partial charge is 0.369 e. The lowest BCUT2D eigenvalue weighted by Gasteiger charge is -2.16. The molecule has 4 N–H and O–H groups in total. The van der Waals surface area contributed by atoms with E-state index in [1.54, 1.807) is 23.1 Å². The molecule has 0 aliphatic carbocycles. The first-order chi connectivity index (χ1) is 10.0. The van der Waals surface area contributed by atoms with Crippen LogP contribution in [0, 0.1) is 17.8 Å². The molecule has 1 aliphatic rings. The number of halogens is 1. The fraction of sp³-hybridized carbons (Fsp3) is 0.333. The van der Waals surface area contributed by atoms with Crippen LogP contribution >= 0.6 is 11.6 Å². The molecular formula is C15H16ClN3O2. The molecule has 1 unspecified atom stereocenters. The zero-order valence-corrected chi connectivity index (χ0v) is 12.2. The molecule has 0 spiro atoms. The van der Waals surface area contributed by atoms with E-state index in [0.717, 1.165) is 0 Å². The van der Waals surface area contributed by atoms with Gasteiger partial charge in [-0.25, -0.2) is 0 Å². The minimum absolute atomic E-state index is 0.154. The molecule has 1 atom stereocenters. The lowest BCUT2D eigenvalue weighted by Crippen LogP contribution is -2.31. The number of carbonyl (C=O) groups excluding carboxylic acids is 2. The number of primary amides is 1. The van der Waals surface area contributed by atoms with Crippen LogP contribution in [0.2, 0.25) is 5.02 Å². The summed E-state index contributed by atoms with van der Waals surface area (Å²) in [5.41, 5.74) is 11.7. The molecule has 21 heavy (non-hydrogen) atoms. The highest BCUT2D eigenvalue weighted by Crippen LogP contribution is 2.22. The standard InChI is InChI=1S/C15H16ClN3O2/c16-13-8-11(4-3-10(13)2-1-6-17)15(21)19-7-5-12(9-19)14(18)20/h3-4,8,12H,5-7,9,17H2,(H2,18,20). The maximum atomic E-state index is 12.4. The molecule has 6 heteroatoms. The average molecular weight is 306 g/mol. The van der Waals surface area contributed by atoms with E-state index in [0.29, 0.717) is 35.7 Å². The Morgan fingerprint density at radius 2 is 2.19 bits per heavy atom. The predicted octanol–water partition coefficient (Wildman–Crippen LogP) is 0.598. The molecule has 1 aliphatic heterocycles. The molecular weight excluding hydrogens is 290 g/mol. The van der Waals surface area contributed by atoms with Crippen LogP contribution in [0.25, 0.3) is 0 Å². The van der Waals surface area contributed by atoms with Crippen molar-refractivity contribution in [2.24, 2.45) is 17.4 Å². The molecule has 1 heterocycles. The van der Waals surface area contributed by atoms with Crippen LogP contribution in [0.1, 0.15) is 22.3 Å². The molecule has 0 saturated carbocycles. The number of amides is 2. The van der Waals surface area contributed by atoms with Gasteiger partial charge in [-0.3, -0.25) is 9.59 Å². The third-order valence-electron chi connectivity index (χ3n) is 3.42. The number of likely N-dealkylation sites (tertiary alicyclic amines) is 1. The Balaban J connectivity index is 2.14. The summed E-state index contributed by atoms with van der Waals surface area (Å²) in [6.07, 6.45) is 0.606. The lowest BCUT2D eigenvalue weighted by atomic mass is 10.1. The van der Waals surface area contributed by atoms with Gasteiger partial charge in [0.25, 0.3) is 5.91 Å². The highest BCUT2D eigenvalue weighted by atomic mass is 35.5. The van der Waals surface area contributed by atoms with E-state index in [9.17, 15) is 9.59 Å². The van der Waals surface area contributed by atoms with Gasteiger partial charge in [0.1, 0.15) is 0 Å². The molecule has 0 aromatic heterocycles. The van der Waals surface area contributed by atoms with Crippen LogP contribution in [-0.2, 0) is 4.79 Å². The average Bonchev–Trinajstić information content (AvgIpc) is 2.95. The number of hydrogen-bond donors (Lipinski definition) is 2. The second-order valence-corrected chi connectivity index (χ2v) is 5.25. The third-order valence-corrected chi connectivity index (χ3v) is 3.73. The van der Waals surface area contributed by atoms with E-state index in [-0.39, 0.29) is 24.3 Å². The number of rotatable bonds is 2. The molecule has 110 valence electrons. The van der Waals surface area contributed by atoms with Crippen molar-refractivity contribution in [1.82, 2.24) is 4.90 Å². The van der Waals surface area contributed by atoms with Gasteiger partial charge in [0.05, 0.1) is 17.5 Å². The fourth-order valence-corrected chi connectivity index (χ4v) is 2.48. The van der Waals surface area contributed by atoms with Crippen LogP contribution in [-0.4, -0.2) is 36.3 Å². The van der Waals surface area contributed by atoms with E-state index in [1.165, 1.54) is 0 Å². The molecule has 2 rings (SSSR count). The van der Waals surface area contributed by atoms with E-state index in [2.05, 4.69) is 11.8 Å². The monoisotopic (exact) mass is 305 g/mol. The van der Waals surface area contributed by atoms with Crippen molar-refractivity contribution in [3.63, 3.8) is 0 Å². The number of carbonyl (C=O) groups is 2. The summed E-state index contributed by atoms with van der Waals surface area (Å²) in [6, 6.07) is 4.95. The number of hydrogen-bond acceptors (Lipinski definition) is 3. The highest BCUT2D eigenvalue weighted by Gasteiger charge is 2.30. The van der Waals surface area contributed by atoms with Gasteiger partial charge in [0, 0.05) is 24.2 Å². The van der Waals surface area contributed by atoms with Crippen molar-refractivity contribution >= 4 is 23.4 Å². The Bertz CT molecular complexity index is 634. The van der Waals surface area contributed by atoms with E-state index >= 15 is 0 Å². The molecule has 1 saturated heterocycles. The van der Waals surface area contributed by atoms with Gasteiger partial charge in [-0.1, -0.05) is 23.4 Å². The summed E-state index contributed by atoms with van der Waals surface area (Å²) in [4.78, 5) is 25.1. The highest BCUT2D eigenvalue weighted by molar-refractivity contribution is 6.32. The van der Waals surface area contributed by atoms with Gasteiger partial charge in [-0.2, -0.15) is 0 Å². The van der Waals surface area contributed by atoms with E-state index in [1.807, 2.05) is 0 Å². The van der Waals surface area contributed by atoms with Crippen molar-refractivity contribution in [2.75, 3.05) is 19.6 Å². The van der Waals surface area contributed by atoms with Crippen molar-refractivity contribution in [1.29, 1.82) is 0 Å². The Kier molecular flexibility index (Phi) is 4.84. The maximum Gasteiger partial charge on any atom is 0.253 e. The summed E-state index contributed by atoms with van der Waals surface area (Å²) in [7, 11) is 0. The smallest absolute Gasteiger partial charge is 0.253 e. The first kappa shape index (κ1) is 15.4. The van der Waals surface area contributed by atoms with Gasteiger partial charge in [-0.15, -0.1) is 0 Å². The second kappa shape index (κ2) is 6.61. The molecule has 1 fully saturated rings. The minimum atomic E-state index is -0.365. The summed E-state index contributed by atoms with van der Waals surface area (Å²) >= 11 is 6.11.